The first-order valence-electron chi connectivity index (χ1n) is 50.0. The molecule has 0 unspecified atom stereocenters. The number of hydrogen-bond acceptors (Lipinski definition) is 12. The zero-order valence-electron chi connectivity index (χ0n) is 81.3. The van der Waals surface area contributed by atoms with Crippen LogP contribution in [0.25, 0.3) is 266 Å². The molecule has 0 radical (unpaired) electrons. The quantitative estimate of drug-likeness (QED) is 0.0751. The Morgan fingerprint density at radius 3 is 0.680 bits per heavy atom. The van der Waals surface area contributed by atoms with Crippen molar-refractivity contribution in [2.45, 2.75) is 0 Å². The summed E-state index contributed by atoms with van der Waals surface area (Å²) < 4.78 is 0. The van der Waals surface area contributed by atoms with E-state index >= 15 is 0 Å². The number of benzene rings is 15. The Morgan fingerprint density at radius 2 is 0.340 bits per heavy atom. The largest absolute Gasteiger partial charge is 0.264 e. The van der Waals surface area contributed by atoms with Crippen LogP contribution in [0.15, 0.2) is 548 Å². The Balaban J connectivity index is 0.000000117. The first kappa shape index (κ1) is 90.9. The van der Waals surface area contributed by atoms with E-state index in [-0.39, 0.29) is 0 Å². The average Bonchev–Trinajstić information content (AvgIpc) is 0.755. The second-order valence-corrected chi connectivity index (χ2v) is 37.2. The summed E-state index contributed by atoms with van der Waals surface area (Å²) in [6, 6.07) is 160. The van der Waals surface area contributed by atoms with E-state index in [9.17, 15) is 0 Å². The van der Waals surface area contributed by atoms with Gasteiger partial charge in [-0.05, 0) is 297 Å². The van der Waals surface area contributed by atoms with Gasteiger partial charge in [0.15, 0.2) is 0 Å². The van der Waals surface area contributed by atoms with Crippen molar-refractivity contribution >= 4 is 65.4 Å². The lowest BCUT2D eigenvalue weighted by Crippen LogP contribution is -1.94. The number of nitrogens with zero attached hydrogens (tertiary/aromatic N) is 12. The van der Waals surface area contributed by atoms with E-state index in [4.69, 9.17) is 24.9 Å². The molecule has 27 aromatic rings. The van der Waals surface area contributed by atoms with Crippen molar-refractivity contribution in [3.05, 3.63) is 548 Å². The fourth-order valence-electron chi connectivity index (χ4n) is 20.3. The van der Waals surface area contributed by atoms with E-state index in [1.54, 1.807) is 12.4 Å². The van der Waals surface area contributed by atoms with Crippen molar-refractivity contribution in [1.29, 1.82) is 0 Å². The second-order valence-electron chi connectivity index (χ2n) is 37.2. The molecule has 0 aliphatic carbocycles. The topological polar surface area (TPSA) is 155 Å². The fraction of sp³-hybridized carbons (Fsp3) is 0. The molecule has 0 saturated heterocycles. The Bertz CT molecular complexity index is 9500. The van der Waals surface area contributed by atoms with Crippen LogP contribution < -0.4 is 0 Å². The predicted molar refractivity (Wildman–Crippen MR) is 616 cm³/mol. The lowest BCUT2D eigenvalue weighted by atomic mass is 9.92. The van der Waals surface area contributed by atoms with Crippen molar-refractivity contribution in [2.75, 3.05) is 0 Å². The zero-order valence-corrected chi connectivity index (χ0v) is 81.3. The molecule has 0 aliphatic heterocycles. The molecule has 0 N–H and O–H groups in total. The molecule has 12 heterocycles. The fourth-order valence-corrected chi connectivity index (χ4v) is 20.3. The molecular formula is C138H90N12. The first-order valence-corrected chi connectivity index (χ1v) is 50.0. The molecule has 0 saturated carbocycles. The number of aromatic nitrogens is 12. The number of rotatable bonds is 18. The molecule has 0 spiro atoms. The van der Waals surface area contributed by atoms with Crippen molar-refractivity contribution in [3.63, 3.8) is 0 Å². The molecule has 15 aromatic carbocycles. The van der Waals surface area contributed by atoms with E-state index in [0.717, 1.165) is 266 Å². The molecule has 0 aliphatic rings. The normalized spacial score (nSPS) is 11.2. The molecule has 12 heteroatoms. The van der Waals surface area contributed by atoms with Gasteiger partial charge in [0.2, 0.25) is 0 Å². The average molecular weight is 1920 g/mol. The highest BCUT2D eigenvalue weighted by molar-refractivity contribution is 6.14. The summed E-state index contributed by atoms with van der Waals surface area (Å²) in [4.78, 5) is 56.4. The van der Waals surface area contributed by atoms with Crippen molar-refractivity contribution < 1.29 is 0 Å². The van der Waals surface area contributed by atoms with Gasteiger partial charge in [-0.2, -0.15) is 0 Å². The van der Waals surface area contributed by atoms with Crippen molar-refractivity contribution in [3.8, 4) is 201 Å². The summed E-state index contributed by atoms with van der Waals surface area (Å²) in [6.45, 7) is 0. The standard InChI is InChI=1S/C52H34N4.C46H30N4.C40H26N4/c1-3-11-35(12-4-1)46-23-26-55-51-47(46)21-22-48-49(36-13-5-2-6-14-36)32-50(56-52(48)51)40-18-8-16-38(28-40)37-15-7-17-39(27-37)43-29-44(41-19-9-24-53-33-41)31-45(30-43)42-20-10-25-54-34-42;1-2-9-31(10-3-1)43-28-44(50-46-42(43)19-18-32-15-8-22-49-45(32)46)36-14-5-12-34(24-36)33-11-4-13-35(23-33)39-25-40(37-16-6-20-47-29-37)27-41(26-39)38-17-7-21-48-30-38;1-6-29(30-7-2-9-32(21-30)38-16-15-28-14-13-27-10-5-19-43-39(27)40(28)44-38)20-31(8-1)35-22-36(33-11-3-17-41-25-33)24-37(23-35)34-12-4-18-42-26-34/h1-34H;1-30H;1-26H. The van der Waals surface area contributed by atoms with E-state index in [2.05, 4.69) is 435 Å². The minimum Gasteiger partial charge on any atom is -0.264 e. The lowest BCUT2D eigenvalue weighted by Gasteiger charge is -2.14. The van der Waals surface area contributed by atoms with Crippen LogP contribution in [0.2, 0.25) is 0 Å². The number of fused-ring (bicyclic) bond motifs is 9. The Kier molecular flexibility index (Phi) is 25.0. The highest BCUT2D eigenvalue weighted by atomic mass is 14.8. The number of hydrogen-bond donors (Lipinski definition) is 0. The highest BCUT2D eigenvalue weighted by Crippen LogP contribution is 2.45. The molecule has 0 amide bonds. The van der Waals surface area contributed by atoms with E-state index < -0.39 is 0 Å². The molecule has 702 valence electrons. The summed E-state index contributed by atoms with van der Waals surface area (Å²) in [7, 11) is 0. The third-order valence-corrected chi connectivity index (χ3v) is 27.8. The lowest BCUT2D eigenvalue weighted by molar-refractivity contribution is 1.32. The molecule has 0 atom stereocenters. The van der Waals surface area contributed by atoms with Crippen LogP contribution in [0.3, 0.4) is 0 Å². The summed E-state index contributed by atoms with van der Waals surface area (Å²) in [6.07, 6.45) is 27.9. The van der Waals surface area contributed by atoms with Gasteiger partial charge in [0.25, 0.3) is 0 Å². The summed E-state index contributed by atoms with van der Waals surface area (Å²) in [5.74, 6) is 0. The van der Waals surface area contributed by atoms with E-state index in [0.29, 0.717) is 0 Å². The number of pyridine rings is 12. The Hall–Kier alpha value is -20.3. The smallest absolute Gasteiger partial charge is 0.0978 e. The van der Waals surface area contributed by atoms with Crippen LogP contribution in [0.1, 0.15) is 0 Å². The summed E-state index contributed by atoms with van der Waals surface area (Å²) in [5, 5.41) is 6.51. The maximum atomic E-state index is 5.40. The minimum absolute atomic E-state index is 0.891. The van der Waals surface area contributed by atoms with Crippen LogP contribution in [-0.2, 0) is 0 Å². The van der Waals surface area contributed by atoms with Crippen LogP contribution in [-0.4, -0.2) is 59.8 Å². The van der Waals surface area contributed by atoms with Crippen molar-refractivity contribution in [2.24, 2.45) is 0 Å². The minimum atomic E-state index is 0.891. The maximum Gasteiger partial charge on any atom is 0.0978 e. The van der Waals surface area contributed by atoms with Gasteiger partial charge >= 0.3 is 0 Å². The third kappa shape index (κ3) is 19.1. The SMILES string of the molecule is c1ccc(-c2cc(-c3cccc(-c4cccc(-c5cc(-c6cccnc6)cc(-c6cccnc6)c5)c4)c3)nc3c2ccc2cccnc23)cc1.c1ccc(-c2ccnc3c2ccc2c(-c4ccccc4)cc(-c4cccc(-c5cccc(-c6cc(-c7cccnc7)cc(-c7cccnc7)c6)c5)c4)nc23)cc1.c1cncc(-c2cc(-c3cccnc3)cc(-c3cccc(-c4cccc(-c5ccc6ccc7cccnc7c6n5)c4)c3)c2)c1. The van der Waals surface area contributed by atoms with Gasteiger partial charge in [-0.15, -0.1) is 0 Å². The van der Waals surface area contributed by atoms with Crippen LogP contribution in [0, 0.1) is 0 Å². The Morgan fingerprint density at radius 1 is 0.113 bits per heavy atom. The van der Waals surface area contributed by atoms with Gasteiger partial charge in [-0.25, -0.2) is 15.0 Å². The molecule has 0 fully saturated rings. The van der Waals surface area contributed by atoms with Crippen LogP contribution >= 0.6 is 0 Å². The predicted octanol–water partition coefficient (Wildman–Crippen LogP) is 34.7. The molecule has 150 heavy (non-hydrogen) atoms. The first-order chi connectivity index (χ1) is 74.3. The molecule has 12 aromatic heterocycles. The summed E-state index contributed by atoms with van der Waals surface area (Å²) in [5.41, 5.74) is 44.9. The zero-order chi connectivity index (χ0) is 99.8. The van der Waals surface area contributed by atoms with Gasteiger partial charge in [0.05, 0.1) is 50.2 Å². The van der Waals surface area contributed by atoms with Crippen molar-refractivity contribution in [1.82, 2.24) is 59.8 Å². The highest BCUT2D eigenvalue weighted by Gasteiger charge is 2.22. The van der Waals surface area contributed by atoms with Crippen LogP contribution in [0.4, 0.5) is 0 Å². The molecular weight excluding hydrogens is 1830 g/mol. The molecule has 0 bridgehead atoms. The maximum absolute atomic E-state index is 5.40. The third-order valence-electron chi connectivity index (χ3n) is 27.8. The molecule has 12 nitrogen and oxygen atoms in total. The molecule has 27 rings (SSSR count). The van der Waals surface area contributed by atoms with E-state index in [1.165, 1.54) is 0 Å². The van der Waals surface area contributed by atoms with E-state index in [1.807, 2.05) is 135 Å². The van der Waals surface area contributed by atoms with Gasteiger partial charge in [0.1, 0.15) is 0 Å². The summed E-state index contributed by atoms with van der Waals surface area (Å²) >= 11 is 0. The van der Waals surface area contributed by atoms with Gasteiger partial charge in [-0.1, -0.05) is 291 Å². The van der Waals surface area contributed by atoms with Crippen LogP contribution in [0.5, 0.6) is 0 Å². The van der Waals surface area contributed by atoms with Gasteiger partial charge < -0.3 is 0 Å². The second kappa shape index (κ2) is 41.2. The monoisotopic (exact) mass is 1910 g/mol. The van der Waals surface area contributed by atoms with Gasteiger partial charge in [-0.3, -0.25) is 44.9 Å². The van der Waals surface area contributed by atoms with Gasteiger partial charge in [0, 0.05) is 175 Å². The Labute approximate surface area is 867 Å².